The van der Waals surface area contributed by atoms with Gasteiger partial charge in [-0.2, -0.15) is 5.26 Å². The lowest BCUT2D eigenvalue weighted by atomic mass is 9.81. The highest BCUT2D eigenvalue weighted by molar-refractivity contribution is 9.10. The van der Waals surface area contributed by atoms with E-state index in [0.717, 1.165) is 42.1 Å². The molecule has 0 aliphatic heterocycles. The predicted octanol–water partition coefficient (Wildman–Crippen LogP) is 4.06. The molecule has 0 spiro atoms. The van der Waals surface area contributed by atoms with Crippen molar-refractivity contribution in [3.05, 3.63) is 33.8 Å². The third-order valence-corrected chi connectivity index (χ3v) is 4.58. The van der Waals surface area contributed by atoms with Gasteiger partial charge in [0.1, 0.15) is 5.54 Å². The van der Waals surface area contributed by atoms with Crippen LogP contribution in [0.15, 0.2) is 22.7 Å². The second-order valence-corrected chi connectivity index (χ2v) is 6.50. The average Bonchev–Trinajstić information content (AvgIpc) is 2.45. The summed E-state index contributed by atoms with van der Waals surface area (Å²) < 4.78 is 0.893. The number of nitrogens with zero attached hydrogens (tertiary/aromatic N) is 2. The molecule has 4 heteroatoms. The monoisotopic (exact) mass is 334 g/mol. The van der Waals surface area contributed by atoms with Crippen LogP contribution < -0.4 is 0 Å². The van der Waals surface area contributed by atoms with Crippen molar-refractivity contribution in [1.82, 2.24) is 4.90 Å². The predicted molar refractivity (Wildman–Crippen MR) is 82.4 cm³/mol. The molecule has 20 heavy (non-hydrogen) atoms. The van der Waals surface area contributed by atoms with Gasteiger partial charge in [-0.25, -0.2) is 0 Å². The van der Waals surface area contributed by atoms with Crippen LogP contribution in [0, 0.1) is 18.3 Å². The minimum absolute atomic E-state index is 0.0714. The summed E-state index contributed by atoms with van der Waals surface area (Å²) in [6, 6.07) is 8.05. The van der Waals surface area contributed by atoms with Crippen molar-refractivity contribution in [3.8, 4) is 6.07 Å². The molecule has 1 aromatic rings. The molecule has 0 atom stereocenters. The molecule has 3 nitrogen and oxygen atoms in total. The molecule has 0 heterocycles. The Kier molecular flexibility index (Phi) is 4.49. The lowest BCUT2D eigenvalue weighted by Crippen LogP contribution is -2.49. The molecular weight excluding hydrogens is 316 g/mol. The number of amides is 1. The molecule has 106 valence electrons. The standard InChI is InChI=1S/C16H19BrN2O/c1-12-8-13(10-14(17)9-12)15(20)19(2)16(11-18)6-4-3-5-7-16/h8-10H,3-7H2,1-2H3. The molecule has 1 aromatic carbocycles. The van der Waals surface area contributed by atoms with Crippen molar-refractivity contribution < 1.29 is 4.79 Å². The zero-order valence-electron chi connectivity index (χ0n) is 11.9. The fourth-order valence-electron chi connectivity index (χ4n) is 2.91. The maximum absolute atomic E-state index is 12.7. The Labute approximate surface area is 128 Å². The van der Waals surface area contributed by atoms with Crippen LogP contribution in [-0.4, -0.2) is 23.4 Å². The van der Waals surface area contributed by atoms with Crippen LogP contribution >= 0.6 is 15.9 Å². The van der Waals surface area contributed by atoms with Gasteiger partial charge in [-0.15, -0.1) is 0 Å². The molecule has 0 unspecified atom stereocenters. The molecule has 0 saturated heterocycles. The third-order valence-electron chi connectivity index (χ3n) is 4.12. The molecule has 1 fully saturated rings. The average molecular weight is 335 g/mol. The highest BCUT2D eigenvalue weighted by Gasteiger charge is 2.39. The smallest absolute Gasteiger partial charge is 0.254 e. The van der Waals surface area contributed by atoms with Crippen molar-refractivity contribution in [2.75, 3.05) is 7.05 Å². The van der Waals surface area contributed by atoms with Crippen molar-refractivity contribution >= 4 is 21.8 Å². The first-order chi connectivity index (χ1) is 9.48. The largest absolute Gasteiger partial charge is 0.323 e. The van der Waals surface area contributed by atoms with Crippen LogP contribution in [0.3, 0.4) is 0 Å². The van der Waals surface area contributed by atoms with E-state index in [1.165, 1.54) is 0 Å². The maximum atomic E-state index is 12.7. The van der Waals surface area contributed by atoms with E-state index in [-0.39, 0.29) is 5.91 Å². The van der Waals surface area contributed by atoms with E-state index in [2.05, 4.69) is 22.0 Å². The number of halogens is 1. The third kappa shape index (κ3) is 2.88. The van der Waals surface area contributed by atoms with Gasteiger partial charge in [0.25, 0.3) is 5.91 Å². The van der Waals surface area contributed by atoms with Crippen LogP contribution in [0.4, 0.5) is 0 Å². The lowest BCUT2D eigenvalue weighted by Gasteiger charge is -2.39. The number of carbonyl (C=O) groups is 1. The molecule has 1 aliphatic carbocycles. The minimum Gasteiger partial charge on any atom is -0.323 e. The summed E-state index contributed by atoms with van der Waals surface area (Å²) in [6.07, 6.45) is 4.74. The van der Waals surface area contributed by atoms with E-state index in [1.54, 1.807) is 11.9 Å². The fourth-order valence-corrected chi connectivity index (χ4v) is 3.51. The summed E-state index contributed by atoms with van der Waals surface area (Å²) in [5.74, 6) is -0.0714. The Balaban J connectivity index is 2.29. The highest BCUT2D eigenvalue weighted by Crippen LogP contribution is 2.33. The normalized spacial score (nSPS) is 17.3. The Hall–Kier alpha value is -1.34. The van der Waals surface area contributed by atoms with Crippen LogP contribution in [0.5, 0.6) is 0 Å². The van der Waals surface area contributed by atoms with Crippen LogP contribution in [0.2, 0.25) is 0 Å². The molecule has 1 saturated carbocycles. The summed E-state index contributed by atoms with van der Waals surface area (Å²) in [6.45, 7) is 1.96. The number of hydrogen-bond donors (Lipinski definition) is 0. The van der Waals surface area contributed by atoms with E-state index in [1.807, 2.05) is 25.1 Å². The van der Waals surface area contributed by atoms with E-state index in [4.69, 9.17) is 0 Å². The Morgan fingerprint density at radius 1 is 1.30 bits per heavy atom. The summed E-state index contributed by atoms with van der Waals surface area (Å²) >= 11 is 3.42. The van der Waals surface area contributed by atoms with E-state index >= 15 is 0 Å². The number of carbonyl (C=O) groups excluding carboxylic acids is 1. The number of nitriles is 1. The molecule has 2 rings (SSSR count). The zero-order valence-corrected chi connectivity index (χ0v) is 13.5. The lowest BCUT2D eigenvalue weighted by molar-refractivity contribution is 0.0589. The van der Waals surface area contributed by atoms with Gasteiger partial charge in [0, 0.05) is 17.1 Å². The molecule has 0 radical (unpaired) electrons. The van der Waals surface area contributed by atoms with Crippen molar-refractivity contribution in [1.29, 1.82) is 5.26 Å². The van der Waals surface area contributed by atoms with Gasteiger partial charge < -0.3 is 4.90 Å². The second kappa shape index (κ2) is 5.97. The highest BCUT2D eigenvalue weighted by atomic mass is 79.9. The van der Waals surface area contributed by atoms with Gasteiger partial charge in [0.15, 0.2) is 0 Å². The van der Waals surface area contributed by atoms with E-state index < -0.39 is 5.54 Å². The Morgan fingerprint density at radius 3 is 2.50 bits per heavy atom. The van der Waals surface area contributed by atoms with Crippen LogP contribution in [0.25, 0.3) is 0 Å². The SMILES string of the molecule is Cc1cc(Br)cc(C(=O)N(C)C2(C#N)CCCCC2)c1. The van der Waals surface area contributed by atoms with Gasteiger partial charge in [-0.05, 0) is 43.5 Å². The molecule has 1 aliphatic rings. The maximum Gasteiger partial charge on any atom is 0.254 e. The first kappa shape index (κ1) is 15.1. The Bertz CT molecular complexity index is 536. The number of rotatable bonds is 2. The van der Waals surface area contributed by atoms with Crippen molar-refractivity contribution in [2.24, 2.45) is 0 Å². The molecule has 0 N–H and O–H groups in total. The van der Waals surface area contributed by atoms with E-state index in [0.29, 0.717) is 5.56 Å². The molecular formula is C16H19BrN2O. The number of hydrogen-bond acceptors (Lipinski definition) is 2. The van der Waals surface area contributed by atoms with Gasteiger partial charge >= 0.3 is 0 Å². The summed E-state index contributed by atoms with van der Waals surface area (Å²) in [5, 5.41) is 9.56. The van der Waals surface area contributed by atoms with E-state index in [9.17, 15) is 10.1 Å². The van der Waals surface area contributed by atoms with Gasteiger partial charge in [0.2, 0.25) is 0 Å². The van der Waals surface area contributed by atoms with Crippen molar-refractivity contribution in [3.63, 3.8) is 0 Å². The summed E-state index contributed by atoms with van der Waals surface area (Å²) in [7, 11) is 1.76. The summed E-state index contributed by atoms with van der Waals surface area (Å²) in [5.41, 5.74) is 1.04. The van der Waals surface area contributed by atoms with Crippen LogP contribution in [0.1, 0.15) is 48.0 Å². The Morgan fingerprint density at radius 2 is 1.95 bits per heavy atom. The van der Waals surface area contributed by atoms with Crippen molar-refractivity contribution in [2.45, 2.75) is 44.6 Å². The molecule has 0 bridgehead atoms. The molecule has 0 aromatic heterocycles. The molecule has 1 amide bonds. The second-order valence-electron chi connectivity index (χ2n) is 5.59. The quantitative estimate of drug-likeness (QED) is 0.818. The fraction of sp³-hybridized carbons (Fsp3) is 0.500. The first-order valence-electron chi connectivity index (χ1n) is 6.95. The number of aryl methyl sites for hydroxylation is 1. The van der Waals surface area contributed by atoms with Gasteiger partial charge in [-0.1, -0.05) is 35.2 Å². The van der Waals surface area contributed by atoms with Crippen LogP contribution in [-0.2, 0) is 0 Å². The number of benzene rings is 1. The van der Waals surface area contributed by atoms with Gasteiger partial charge in [-0.3, -0.25) is 4.79 Å². The minimum atomic E-state index is -0.633. The van der Waals surface area contributed by atoms with Gasteiger partial charge in [0.05, 0.1) is 6.07 Å². The first-order valence-corrected chi connectivity index (χ1v) is 7.74. The topological polar surface area (TPSA) is 44.1 Å². The zero-order chi connectivity index (χ0) is 14.8. The summed E-state index contributed by atoms with van der Waals surface area (Å²) in [4.78, 5) is 14.3.